The summed E-state index contributed by atoms with van der Waals surface area (Å²) in [6, 6.07) is 3.61. The Morgan fingerprint density at radius 1 is 1.22 bits per heavy atom. The SMILES string of the molecule is CC.CCc1cnc2c(B(O)O)cc(C)cc2n1. The average molecular weight is 246 g/mol. The van der Waals surface area contributed by atoms with Gasteiger partial charge in [0.1, 0.15) is 0 Å². The van der Waals surface area contributed by atoms with E-state index in [1.54, 1.807) is 12.3 Å². The van der Waals surface area contributed by atoms with Crippen molar-refractivity contribution < 1.29 is 10.0 Å². The van der Waals surface area contributed by atoms with Crippen LogP contribution in [0.15, 0.2) is 18.3 Å². The molecule has 0 unspecified atom stereocenters. The minimum absolute atomic E-state index is 0.408. The molecule has 0 atom stereocenters. The van der Waals surface area contributed by atoms with Crippen LogP contribution in [0.25, 0.3) is 11.0 Å². The van der Waals surface area contributed by atoms with Gasteiger partial charge < -0.3 is 10.0 Å². The van der Waals surface area contributed by atoms with Gasteiger partial charge in [-0.2, -0.15) is 0 Å². The first kappa shape index (κ1) is 14.6. The van der Waals surface area contributed by atoms with Crippen LogP contribution in [0.5, 0.6) is 0 Å². The molecule has 0 spiro atoms. The van der Waals surface area contributed by atoms with Crippen LogP contribution < -0.4 is 5.46 Å². The summed E-state index contributed by atoms with van der Waals surface area (Å²) in [7, 11) is -1.51. The van der Waals surface area contributed by atoms with E-state index in [-0.39, 0.29) is 0 Å². The van der Waals surface area contributed by atoms with E-state index in [0.29, 0.717) is 16.5 Å². The van der Waals surface area contributed by atoms with Crippen molar-refractivity contribution in [2.75, 3.05) is 0 Å². The number of aromatic nitrogens is 2. The molecule has 0 aliphatic carbocycles. The molecule has 0 aliphatic heterocycles. The fraction of sp³-hybridized carbons (Fsp3) is 0.385. The molecule has 5 heteroatoms. The Labute approximate surface area is 108 Å². The smallest absolute Gasteiger partial charge is 0.423 e. The molecule has 2 N–H and O–H groups in total. The Balaban J connectivity index is 0.000000771. The van der Waals surface area contributed by atoms with Gasteiger partial charge in [0.25, 0.3) is 0 Å². The van der Waals surface area contributed by atoms with E-state index < -0.39 is 7.12 Å². The van der Waals surface area contributed by atoms with Gasteiger partial charge in [-0.3, -0.25) is 4.98 Å². The minimum Gasteiger partial charge on any atom is -0.423 e. The van der Waals surface area contributed by atoms with Crippen LogP contribution in [0.3, 0.4) is 0 Å². The van der Waals surface area contributed by atoms with E-state index in [1.165, 1.54) is 0 Å². The van der Waals surface area contributed by atoms with Crippen LogP contribution in [0.4, 0.5) is 0 Å². The molecule has 0 fully saturated rings. The van der Waals surface area contributed by atoms with E-state index in [2.05, 4.69) is 9.97 Å². The summed E-state index contributed by atoms with van der Waals surface area (Å²) < 4.78 is 0. The molecule has 1 aromatic heterocycles. The number of hydrogen-bond acceptors (Lipinski definition) is 4. The van der Waals surface area contributed by atoms with E-state index in [9.17, 15) is 10.0 Å². The molecular formula is C13H19BN2O2. The zero-order chi connectivity index (χ0) is 13.7. The molecule has 0 amide bonds. The lowest BCUT2D eigenvalue weighted by Gasteiger charge is -2.07. The molecule has 2 aromatic rings. The van der Waals surface area contributed by atoms with Crippen molar-refractivity contribution in [3.05, 3.63) is 29.6 Å². The van der Waals surface area contributed by atoms with Crippen LogP contribution in [0.1, 0.15) is 32.0 Å². The first-order chi connectivity index (χ1) is 8.61. The maximum Gasteiger partial charge on any atom is 0.490 e. The molecule has 18 heavy (non-hydrogen) atoms. The maximum absolute atomic E-state index is 9.26. The fourth-order valence-corrected chi connectivity index (χ4v) is 1.70. The molecule has 0 aliphatic rings. The maximum atomic E-state index is 9.26. The Morgan fingerprint density at radius 2 is 1.89 bits per heavy atom. The molecule has 96 valence electrons. The number of hydrogen-bond donors (Lipinski definition) is 2. The van der Waals surface area contributed by atoms with E-state index >= 15 is 0 Å². The quantitative estimate of drug-likeness (QED) is 0.781. The van der Waals surface area contributed by atoms with E-state index in [4.69, 9.17) is 0 Å². The Hall–Kier alpha value is -1.46. The largest absolute Gasteiger partial charge is 0.490 e. The number of aryl methyl sites for hydroxylation is 2. The molecule has 0 saturated heterocycles. The van der Waals surface area contributed by atoms with Crippen LogP contribution in [0, 0.1) is 6.92 Å². The molecule has 0 saturated carbocycles. The van der Waals surface area contributed by atoms with Crippen LogP contribution in [0.2, 0.25) is 0 Å². The van der Waals surface area contributed by atoms with Gasteiger partial charge in [-0.1, -0.05) is 26.8 Å². The second kappa shape index (κ2) is 6.47. The normalized spacial score (nSPS) is 9.89. The molecule has 0 bridgehead atoms. The third-order valence-electron chi connectivity index (χ3n) is 2.51. The average Bonchev–Trinajstić information content (AvgIpc) is 2.39. The second-order valence-electron chi connectivity index (χ2n) is 3.81. The van der Waals surface area contributed by atoms with Gasteiger partial charge in [0, 0.05) is 11.7 Å². The predicted octanol–water partition coefficient (Wildman–Crippen LogP) is 1.21. The number of nitrogens with zero attached hydrogens (tertiary/aromatic N) is 2. The van der Waals surface area contributed by atoms with Crippen molar-refractivity contribution in [1.29, 1.82) is 0 Å². The standard InChI is InChI=1S/C11H13BN2O2.C2H6/c1-3-8-6-13-11-9(12(15)16)4-7(2)5-10(11)14-8;1-2/h4-6,15-16H,3H2,1-2H3;1-2H3. The monoisotopic (exact) mass is 246 g/mol. The summed E-state index contributed by atoms with van der Waals surface area (Å²) in [6.07, 6.45) is 2.48. The molecule has 1 aromatic carbocycles. The third-order valence-corrected chi connectivity index (χ3v) is 2.51. The highest BCUT2D eigenvalue weighted by atomic mass is 16.4. The van der Waals surface area contributed by atoms with Crippen molar-refractivity contribution in [3.8, 4) is 0 Å². The lowest BCUT2D eigenvalue weighted by Crippen LogP contribution is -2.31. The molecular weight excluding hydrogens is 227 g/mol. The topological polar surface area (TPSA) is 66.2 Å². The number of fused-ring (bicyclic) bond motifs is 1. The van der Waals surface area contributed by atoms with Crippen molar-refractivity contribution in [2.24, 2.45) is 0 Å². The Bertz CT molecular complexity index is 530. The second-order valence-corrected chi connectivity index (χ2v) is 3.81. The lowest BCUT2D eigenvalue weighted by atomic mass is 9.78. The Kier molecular flexibility index (Phi) is 5.25. The van der Waals surface area contributed by atoms with Gasteiger partial charge in [-0.05, 0) is 25.0 Å². The highest BCUT2D eigenvalue weighted by Gasteiger charge is 2.17. The summed E-state index contributed by atoms with van der Waals surface area (Å²) in [4.78, 5) is 8.64. The molecule has 0 radical (unpaired) electrons. The summed E-state index contributed by atoms with van der Waals surface area (Å²) in [5.74, 6) is 0. The summed E-state index contributed by atoms with van der Waals surface area (Å²) >= 11 is 0. The van der Waals surface area contributed by atoms with Gasteiger partial charge >= 0.3 is 7.12 Å². The third kappa shape index (κ3) is 3.06. The highest BCUT2D eigenvalue weighted by Crippen LogP contribution is 2.10. The van der Waals surface area contributed by atoms with Crippen molar-refractivity contribution in [3.63, 3.8) is 0 Å². The summed E-state index contributed by atoms with van der Waals surface area (Å²) in [5, 5.41) is 18.5. The molecule has 4 nitrogen and oxygen atoms in total. The molecule has 2 rings (SSSR count). The van der Waals surface area contributed by atoms with Crippen molar-refractivity contribution in [1.82, 2.24) is 9.97 Å². The molecule has 1 heterocycles. The fourth-order valence-electron chi connectivity index (χ4n) is 1.70. The van der Waals surface area contributed by atoms with Gasteiger partial charge in [0.2, 0.25) is 0 Å². The lowest BCUT2D eigenvalue weighted by molar-refractivity contribution is 0.426. The van der Waals surface area contributed by atoms with Crippen LogP contribution in [-0.2, 0) is 6.42 Å². The van der Waals surface area contributed by atoms with Gasteiger partial charge in [-0.25, -0.2) is 4.98 Å². The number of benzene rings is 1. The van der Waals surface area contributed by atoms with Crippen molar-refractivity contribution >= 4 is 23.6 Å². The highest BCUT2D eigenvalue weighted by molar-refractivity contribution is 6.61. The van der Waals surface area contributed by atoms with Gasteiger partial charge in [-0.15, -0.1) is 0 Å². The van der Waals surface area contributed by atoms with Crippen LogP contribution in [-0.4, -0.2) is 27.1 Å². The Morgan fingerprint density at radius 3 is 2.44 bits per heavy atom. The van der Waals surface area contributed by atoms with Crippen molar-refractivity contribution in [2.45, 2.75) is 34.1 Å². The zero-order valence-electron chi connectivity index (χ0n) is 11.3. The van der Waals surface area contributed by atoms with Gasteiger partial charge in [0.15, 0.2) is 0 Å². The van der Waals surface area contributed by atoms with E-state index in [1.807, 2.05) is 33.8 Å². The summed E-state index contributed by atoms with van der Waals surface area (Å²) in [5.41, 5.74) is 3.51. The van der Waals surface area contributed by atoms with Crippen LogP contribution >= 0.6 is 0 Å². The first-order valence-electron chi connectivity index (χ1n) is 6.24. The van der Waals surface area contributed by atoms with Gasteiger partial charge in [0.05, 0.1) is 16.7 Å². The minimum atomic E-state index is -1.51. The first-order valence-corrected chi connectivity index (χ1v) is 6.24. The zero-order valence-corrected chi connectivity index (χ0v) is 11.3. The predicted molar refractivity (Wildman–Crippen MR) is 74.8 cm³/mol. The number of rotatable bonds is 2. The van der Waals surface area contributed by atoms with E-state index in [0.717, 1.165) is 17.7 Å². The summed E-state index contributed by atoms with van der Waals surface area (Å²) in [6.45, 7) is 7.90.